The van der Waals surface area contributed by atoms with Crippen molar-refractivity contribution in [2.24, 2.45) is 16.5 Å². The Morgan fingerprint density at radius 3 is 2.44 bits per heavy atom. The number of carbonyl (C=O) groups excluding carboxylic acids is 1. The summed E-state index contributed by atoms with van der Waals surface area (Å²) in [5.74, 6) is 0.193. The average molecular weight is 368 g/mol. The third-order valence-corrected chi connectivity index (χ3v) is 4.29. The van der Waals surface area contributed by atoms with Crippen molar-refractivity contribution in [2.45, 2.75) is 19.3 Å². The Morgan fingerprint density at radius 2 is 1.74 bits per heavy atom. The molecule has 0 radical (unpaired) electrons. The first-order valence-electron chi connectivity index (χ1n) is 8.94. The van der Waals surface area contributed by atoms with Gasteiger partial charge in [0.2, 0.25) is 5.95 Å². The Bertz CT molecular complexity index is 796. The van der Waals surface area contributed by atoms with Crippen molar-refractivity contribution in [3.05, 3.63) is 53.3 Å². The fraction of sp³-hybridized carbons (Fsp3) is 0.368. The second kappa shape index (κ2) is 9.09. The number of anilines is 1. The maximum Gasteiger partial charge on any atom is 0.253 e. The molecule has 142 valence electrons. The van der Waals surface area contributed by atoms with Gasteiger partial charge in [-0.1, -0.05) is 24.3 Å². The highest BCUT2D eigenvalue weighted by Gasteiger charge is 2.13. The number of aromatic nitrogens is 2. The molecule has 0 unspecified atom stereocenters. The molecule has 2 heterocycles. The monoisotopic (exact) mass is 368 g/mol. The topological polar surface area (TPSA) is 120 Å². The van der Waals surface area contributed by atoms with Crippen molar-refractivity contribution in [2.75, 3.05) is 31.2 Å². The number of aryl methyl sites for hydroxylation is 2. The maximum atomic E-state index is 11.7. The molecule has 0 atom stereocenters. The standard InChI is InChI=1S/C19H24N6O2/c20-18(21)24-17(26)11-15-3-1-2-14(10-15)4-5-16-12-22-19(23-13-16)25-6-8-27-9-7-25/h1-3,10,12-13H,4-9,11H2,(H4,20,21,24,26). The molecule has 0 spiro atoms. The van der Waals surface area contributed by atoms with Crippen LogP contribution >= 0.6 is 0 Å². The van der Waals surface area contributed by atoms with Crippen LogP contribution in [0.5, 0.6) is 0 Å². The molecule has 1 aromatic carbocycles. The van der Waals surface area contributed by atoms with E-state index >= 15 is 0 Å². The molecule has 2 aromatic rings. The van der Waals surface area contributed by atoms with Crippen LogP contribution < -0.4 is 16.4 Å². The minimum atomic E-state index is -0.348. The molecule has 1 aromatic heterocycles. The van der Waals surface area contributed by atoms with E-state index in [0.717, 1.165) is 48.6 Å². The highest BCUT2D eigenvalue weighted by molar-refractivity contribution is 5.92. The predicted octanol–water partition coefficient (Wildman–Crippen LogP) is 0.441. The number of nitrogens with zero attached hydrogens (tertiary/aromatic N) is 4. The van der Waals surface area contributed by atoms with Crippen molar-refractivity contribution in [3.8, 4) is 0 Å². The first-order valence-corrected chi connectivity index (χ1v) is 8.94. The fourth-order valence-corrected chi connectivity index (χ4v) is 2.95. The Hall–Kier alpha value is -3.00. The number of hydrogen-bond acceptors (Lipinski definition) is 5. The zero-order valence-corrected chi connectivity index (χ0v) is 15.2. The molecule has 1 amide bonds. The molecule has 3 rings (SSSR count). The lowest BCUT2D eigenvalue weighted by Gasteiger charge is -2.26. The number of rotatable bonds is 6. The van der Waals surface area contributed by atoms with E-state index in [-0.39, 0.29) is 18.3 Å². The number of morpholine rings is 1. The van der Waals surface area contributed by atoms with Crippen LogP contribution in [0.3, 0.4) is 0 Å². The van der Waals surface area contributed by atoms with E-state index in [4.69, 9.17) is 16.2 Å². The highest BCUT2D eigenvalue weighted by atomic mass is 16.5. The van der Waals surface area contributed by atoms with E-state index in [1.54, 1.807) is 0 Å². The summed E-state index contributed by atoms with van der Waals surface area (Å²) in [4.78, 5) is 26.3. The third kappa shape index (κ3) is 5.75. The van der Waals surface area contributed by atoms with Gasteiger partial charge in [0.25, 0.3) is 5.91 Å². The molecule has 1 saturated heterocycles. The van der Waals surface area contributed by atoms with Gasteiger partial charge >= 0.3 is 0 Å². The van der Waals surface area contributed by atoms with Crippen molar-refractivity contribution in [1.29, 1.82) is 0 Å². The zero-order valence-electron chi connectivity index (χ0n) is 15.2. The number of amides is 1. The maximum absolute atomic E-state index is 11.7. The van der Waals surface area contributed by atoms with Gasteiger partial charge < -0.3 is 21.1 Å². The van der Waals surface area contributed by atoms with Crippen molar-refractivity contribution >= 4 is 17.8 Å². The van der Waals surface area contributed by atoms with Crippen molar-refractivity contribution < 1.29 is 9.53 Å². The minimum Gasteiger partial charge on any atom is -0.378 e. The summed E-state index contributed by atoms with van der Waals surface area (Å²) in [6.45, 7) is 3.08. The summed E-state index contributed by atoms with van der Waals surface area (Å²) in [7, 11) is 0. The number of hydrogen-bond donors (Lipinski definition) is 2. The number of carbonyl (C=O) groups is 1. The molecule has 1 aliphatic rings. The quantitative estimate of drug-likeness (QED) is 0.561. The molecule has 1 fully saturated rings. The second-order valence-corrected chi connectivity index (χ2v) is 6.42. The number of nitrogens with two attached hydrogens (primary N) is 2. The molecule has 27 heavy (non-hydrogen) atoms. The lowest BCUT2D eigenvalue weighted by molar-refractivity contribution is -0.117. The van der Waals surface area contributed by atoms with Gasteiger partial charge in [0.05, 0.1) is 19.6 Å². The van der Waals surface area contributed by atoms with Gasteiger partial charge in [-0.05, 0) is 29.5 Å². The average Bonchev–Trinajstić information content (AvgIpc) is 2.67. The molecular weight excluding hydrogens is 344 g/mol. The number of guanidine groups is 1. The molecule has 0 bridgehead atoms. The van der Waals surface area contributed by atoms with Gasteiger partial charge in [0, 0.05) is 25.5 Å². The summed E-state index contributed by atoms with van der Waals surface area (Å²) in [6, 6.07) is 7.87. The summed E-state index contributed by atoms with van der Waals surface area (Å²) in [5.41, 5.74) is 13.6. The second-order valence-electron chi connectivity index (χ2n) is 6.42. The molecule has 0 saturated carbocycles. The smallest absolute Gasteiger partial charge is 0.253 e. The highest BCUT2D eigenvalue weighted by Crippen LogP contribution is 2.13. The van der Waals surface area contributed by atoms with Crippen molar-refractivity contribution in [1.82, 2.24) is 9.97 Å². The van der Waals surface area contributed by atoms with Crippen LogP contribution in [0.15, 0.2) is 41.7 Å². The molecule has 4 N–H and O–H groups in total. The van der Waals surface area contributed by atoms with Crippen LogP contribution in [0.25, 0.3) is 0 Å². The first-order chi connectivity index (χ1) is 13.1. The normalized spacial score (nSPS) is 14.0. The van der Waals surface area contributed by atoms with Crippen LogP contribution in [-0.4, -0.2) is 48.1 Å². The van der Waals surface area contributed by atoms with Crippen LogP contribution in [0.2, 0.25) is 0 Å². The van der Waals surface area contributed by atoms with Gasteiger partial charge in [-0.25, -0.2) is 9.97 Å². The van der Waals surface area contributed by atoms with E-state index in [1.165, 1.54) is 0 Å². The summed E-state index contributed by atoms with van der Waals surface area (Å²) in [6.07, 6.45) is 5.61. The lowest BCUT2D eigenvalue weighted by atomic mass is 10.0. The molecule has 8 heteroatoms. The summed E-state index contributed by atoms with van der Waals surface area (Å²) in [5, 5.41) is 0. The van der Waals surface area contributed by atoms with Crippen LogP contribution in [0, 0.1) is 0 Å². The fourth-order valence-electron chi connectivity index (χ4n) is 2.95. The molecule has 1 aliphatic heterocycles. The van der Waals surface area contributed by atoms with E-state index in [2.05, 4.69) is 19.9 Å². The van der Waals surface area contributed by atoms with E-state index < -0.39 is 0 Å². The molecular formula is C19H24N6O2. The van der Waals surface area contributed by atoms with E-state index in [1.807, 2.05) is 36.7 Å². The largest absolute Gasteiger partial charge is 0.378 e. The number of ether oxygens (including phenoxy) is 1. The molecule has 8 nitrogen and oxygen atoms in total. The predicted molar refractivity (Wildman–Crippen MR) is 103 cm³/mol. The summed E-state index contributed by atoms with van der Waals surface area (Å²) < 4.78 is 5.35. The zero-order chi connectivity index (χ0) is 19.1. The Kier molecular flexibility index (Phi) is 6.32. The SMILES string of the molecule is NC(N)=NC(=O)Cc1cccc(CCc2cnc(N3CCOCC3)nc2)c1. The van der Waals surface area contributed by atoms with Gasteiger partial charge in [0.1, 0.15) is 0 Å². The van der Waals surface area contributed by atoms with Crippen LogP contribution in [0.4, 0.5) is 5.95 Å². The summed E-state index contributed by atoms with van der Waals surface area (Å²) >= 11 is 0. The Morgan fingerprint density at radius 1 is 1.07 bits per heavy atom. The van der Waals surface area contributed by atoms with E-state index in [0.29, 0.717) is 13.2 Å². The number of benzene rings is 1. The van der Waals surface area contributed by atoms with Crippen LogP contribution in [-0.2, 0) is 28.8 Å². The van der Waals surface area contributed by atoms with Crippen LogP contribution in [0.1, 0.15) is 16.7 Å². The van der Waals surface area contributed by atoms with Gasteiger partial charge in [-0.15, -0.1) is 0 Å². The number of aliphatic imine (C=N–C) groups is 1. The first kappa shape index (κ1) is 18.8. The minimum absolute atomic E-state index is 0.184. The lowest BCUT2D eigenvalue weighted by Crippen LogP contribution is -2.37. The molecule has 0 aliphatic carbocycles. The van der Waals surface area contributed by atoms with E-state index in [9.17, 15) is 4.79 Å². The van der Waals surface area contributed by atoms with Gasteiger partial charge in [-0.2, -0.15) is 4.99 Å². The van der Waals surface area contributed by atoms with Gasteiger partial charge in [0.15, 0.2) is 5.96 Å². The van der Waals surface area contributed by atoms with Crippen molar-refractivity contribution in [3.63, 3.8) is 0 Å². The Labute approximate surface area is 158 Å². The van der Waals surface area contributed by atoms with Gasteiger partial charge in [-0.3, -0.25) is 4.79 Å². The Balaban J connectivity index is 1.56. The third-order valence-electron chi connectivity index (χ3n) is 4.29.